The third-order valence-corrected chi connectivity index (χ3v) is 6.85. The van der Waals surface area contributed by atoms with E-state index in [2.05, 4.69) is 5.10 Å². The van der Waals surface area contributed by atoms with Gasteiger partial charge in [-0.2, -0.15) is 9.40 Å². The van der Waals surface area contributed by atoms with Crippen molar-refractivity contribution in [2.45, 2.75) is 32.2 Å². The molecule has 1 aliphatic heterocycles. The Bertz CT molecular complexity index is 936. The Morgan fingerprint density at radius 1 is 1.26 bits per heavy atom. The summed E-state index contributed by atoms with van der Waals surface area (Å²) in [5.74, 6) is 0.443. The van der Waals surface area contributed by atoms with Gasteiger partial charge in [0, 0.05) is 38.8 Å². The average molecular weight is 392 g/mol. The maximum Gasteiger partial charge on any atom is 0.246 e. The second kappa shape index (κ2) is 7.69. The number of carbonyl (C=O) groups excluding carboxylic acids is 1. The van der Waals surface area contributed by atoms with E-state index in [1.807, 2.05) is 6.92 Å². The molecule has 0 aromatic carbocycles. The SMILES string of the molecule is CCn1nc(C)c(S(=O)(=O)N2CCN(C(=O)/C=C/c3ccco3)CC2)c1C. The molecule has 146 valence electrons. The van der Waals surface area contributed by atoms with Gasteiger partial charge in [-0.1, -0.05) is 0 Å². The normalized spacial score (nSPS) is 16.3. The van der Waals surface area contributed by atoms with Crippen LogP contribution >= 0.6 is 0 Å². The molecule has 0 unspecified atom stereocenters. The van der Waals surface area contributed by atoms with E-state index in [0.29, 0.717) is 36.8 Å². The molecule has 3 rings (SSSR count). The Hall–Kier alpha value is -2.39. The summed E-state index contributed by atoms with van der Waals surface area (Å²) in [4.78, 5) is 14.2. The number of aryl methyl sites for hydroxylation is 2. The molecular weight excluding hydrogens is 368 g/mol. The molecule has 9 heteroatoms. The molecule has 2 aromatic rings. The van der Waals surface area contributed by atoms with E-state index in [1.54, 1.807) is 47.9 Å². The molecule has 1 amide bonds. The lowest BCUT2D eigenvalue weighted by Crippen LogP contribution is -2.50. The first-order chi connectivity index (χ1) is 12.8. The Kier molecular flexibility index (Phi) is 5.52. The summed E-state index contributed by atoms with van der Waals surface area (Å²) in [7, 11) is -3.63. The van der Waals surface area contributed by atoms with Gasteiger partial charge in [-0.25, -0.2) is 8.42 Å². The molecule has 0 bridgehead atoms. The number of piperazine rings is 1. The highest BCUT2D eigenvalue weighted by Crippen LogP contribution is 2.24. The maximum atomic E-state index is 13.1. The fraction of sp³-hybridized carbons (Fsp3) is 0.444. The van der Waals surface area contributed by atoms with E-state index < -0.39 is 10.0 Å². The van der Waals surface area contributed by atoms with Gasteiger partial charge in [0.1, 0.15) is 10.7 Å². The summed E-state index contributed by atoms with van der Waals surface area (Å²) >= 11 is 0. The van der Waals surface area contributed by atoms with Gasteiger partial charge in [0.05, 0.1) is 17.7 Å². The van der Waals surface area contributed by atoms with Crippen LogP contribution in [0.5, 0.6) is 0 Å². The molecule has 0 radical (unpaired) electrons. The van der Waals surface area contributed by atoms with Crippen LogP contribution in [-0.2, 0) is 21.4 Å². The molecule has 1 saturated heterocycles. The van der Waals surface area contributed by atoms with Gasteiger partial charge < -0.3 is 9.32 Å². The largest absolute Gasteiger partial charge is 0.465 e. The number of rotatable bonds is 5. The Labute approximate surface area is 159 Å². The average Bonchev–Trinajstić information content (AvgIpc) is 3.27. The number of nitrogens with zero attached hydrogens (tertiary/aromatic N) is 4. The molecule has 1 fully saturated rings. The predicted molar refractivity (Wildman–Crippen MR) is 100 cm³/mol. The van der Waals surface area contributed by atoms with Crippen molar-refractivity contribution in [3.8, 4) is 0 Å². The summed E-state index contributed by atoms with van der Waals surface area (Å²) in [6.45, 7) is 7.25. The smallest absolute Gasteiger partial charge is 0.246 e. The lowest BCUT2D eigenvalue weighted by molar-refractivity contribution is -0.127. The number of aromatic nitrogens is 2. The van der Waals surface area contributed by atoms with Crippen LogP contribution in [0.4, 0.5) is 0 Å². The van der Waals surface area contributed by atoms with Crippen molar-refractivity contribution in [1.29, 1.82) is 0 Å². The molecule has 0 saturated carbocycles. The summed E-state index contributed by atoms with van der Waals surface area (Å²) in [6.07, 6.45) is 4.60. The zero-order valence-electron chi connectivity index (χ0n) is 15.8. The molecule has 27 heavy (non-hydrogen) atoms. The van der Waals surface area contributed by atoms with Crippen LogP contribution in [0.3, 0.4) is 0 Å². The van der Waals surface area contributed by atoms with Gasteiger partial charge in [-0.05, 0) is 39.0 Å². The fourth-order valence-electron chi connectivity index (χ4n) is 3.28. The first-order valence-corrected chi connectivity index (χ1v) is 10.3. The van der Waals surface area contributed by atoms with Crippen LogP contribution < -0.4 is 0 Å². The Morgan fingerprint density at radius 2 is 1.96 bits per heavy atom. The number of amides is 1. The van der Waals surface area contributed by atoms with Gasteiger partial charge >= 0.3 is 0 Å². The fourth-order valence-corrected chi connectivity index (χ4v) is 5.08. The number of sulfonamides is 1. The van der Waals surface area contributed by atoms with Crippen LogP contribution in [0.15, 0.2) is 33.8 Å². The zero-order chi connectivity index (χ0) is 19.6. The first kappa shape index (κ1) is 19.4. The van der Waals surface area contributed by atoms with Crippen LogP contribution in [-0.4, -0.2) is 59.5 Å². The van der Waals surface area contributed by atoms with E-state index in [0.717, 1.165) is 0 Å². The Balaban J connectivity index is 1.68. The topological polar surface area (TPSA) is 88.7 Å². The minimum absolute atomic E-state index is 0.158. The molecular formula is C18H24N4O4S. The Morgan fingerprint density at radius 3 is 2.52 bits per heavy atom. The number of furan rings is 1. The highest BCUT2D eigenvalue weighted by molar-refractivity contribution is 7.89. The summed E-state index contributed by atoms with van der Waals surface area (Å²) in [5, 5.41) is 4.31. The quantitative estimate of drug-likeness (QED) is 0.722. The van der Waals surface area contributed by atoms with Gasteiger partial charge in [0.15, 0.2) is 0 Å². The lowest BCUT2D eigenvalue weighted by Gasteiger charge is -2.33. The molecule has 0 atom stereocenters. The van der Waals surface area contributed by atoms with Crippen molar-refractivity contribution in [3.05, 3.63) is 41.6 Å². The predicted octanol–water partition coefficient (Wildman–Crippen LogP) is 1.66. The lowest BCUT2D eigenvalue weighted by atomic mass is 10.3. The summed E-state index contributed by atoms with van der Waals surface area (Å²) in [5.41, 5.74) is 1.16. The van der Waals surface area contributed by atoms with Crippen molar-refractivity contribution in [1.82, 2.24) is 19.0 Å². The first-order valence-electron chi connectivity index (χ1n) is 8.89. The third-order valence-electron chi connectivity index (χ3n) is 4.70. The van der Waals surface area contributed by atoms with Crippen molar-refractivity contribution in [2.75, 3.05) is 26.2 Å². The third kappa shape index (κ3) is 3.84. The van der Waals surface area contributed by atoms with Crippen molar-refractivity contribution in [2.24, 2.45) is 0 Å². The molecule has 0 N–H and O–H groups in total. The van der Waals surface area contributed by atoms with E-state index in [1.165, 1.54) is 10.4 Å². The van der Waals surface area contributed by atoms with Gasteiger partial charge in [0.25, 0.3) is 0 Å². The van der Waals surface area contributed by atoms with Crippen LogP contribution in [0.25, 0.3) is 6.08 Å². The minimum Gasteiger partial charge on any atom is -0.465 e. The zero-order valence-corrected chi connectivity index (χ0v) is 16.6. The second-order valence-corrected chi connectivity index (χ2v) is 8.27. The minimum atomic E-state index is -3.63. The van der Waals surface area contributed by atoms with Gasteiger partial charge in [-0.15, -0.1) is 0 Å². The van der Waals surface area contributed by atoms with Crippen LogP contribution in [0, 0.1) is 13.8 Å². The van der Waals surface area contributed by atoms with E-state index in [9.17, 15) is 13.2 Å². The monoisotopic (exact) mass is 392 g/mol. The molecule has 1 aliphatic rings. The summed E-state index contributed by atoms with van der Waals surface area (Å²) < 4.78 is 34.4. The highest BCUT2D eigenvalue weighted by atomic mass is 32.2. The van der Waals surface area contributed by atoms with Crippen molar-refractivity contribution in [3.63, 3.8) is 0 Å². The van der Waals surface area contributed by atoms with Crippen LogP contribution in [0.2, 0.25) is 0 Å². The number of hydrogen-bond acceptors (Lipinski definition) is 5. The number of carbonyl (C=O) groups is 1. The van der Waals surface area contributed by atoms with E-state index in [-0.39, 0.29) is 23.9 Å². The van der Waals surface area contributed by atoms with Gasteiger partial charge in [-0.3, -0.25) is 9.48 Å². The molecule has 2 aromatic heterocycles. The molecule has 8 nitrogen and oxygen atoms in total. The molecule has 0 spiro atoms. The van der Waals surface area contributed by atoms with E-state index in [4.69, 9.17) is 4.42 Å². The number of hydrogen-bond donors (Lipinski definition) is 0. The van der Waals surface area contributed by atoms with Crippen molar-refractivity contribution < 1.29 is 17.6 Å². The molecule has 0 aliphatic carbocycles. The highest BCUT2D eigenvalue weighted by Gasteiger charge is 2.33. The van der Waals surface area contributed by atoms with E-state index >= 15 is 0 Å². The molecule has 3 heterocycles. The standard InChI is InChI=1S/C18H24N4O4S/c1-4-22-15(3)18(14(2)19-22)27(24,25)21-11-9-20(10-12-21)17(23)8-7-16-6-5-13-26-16/h5-8,13H,4,9-12H2,1-3H3/b8-7+. The van der Waals surface area contributed by atoms with Crippen LogP contribution in [0.1, 0.15) is 24.1 Å². The van der Waals surface area contributed by atoms with Gasteiger partial charge in [0.2, 0.25) is 15.9 Å². The second-order valence-electron chi connectivity index (χ2n) is 6.39. The maximum absolute atomic E-state index is 13.1. The van der Waals surface area contributed by atoms with Crippen molar-refractivity contribution >= 4 is 22.0 Å². The summed E-state index contributed by atoms with van der Waals surface area (Å²) in [6, 6.07) is 3.51.